The van der Waals surface area contributed by atoms with Gasteiger partial charge in [0.15, 0.2) is 18.4 Å². The summed E-state index contributed by atoms with van der Waals surface area (Å²) in [4.78, 5) is 0. The lowest BCUT2D eigenvalue weighted by molar-refractivity contribution is -0.695. The van der Waals surface area contributed by atoms with Crippen LogP contribution >= 0.6 is 11.6 Å². The molecule has 0 unspecified atom stereocenters. The molecule has 0 fully saturated rings. The molecule has 0 aliphatic heterocycles. The molecule has 0 saturated carbocycles. The number of hydrogen-bond donors (Lipinski definition) is 0. The molecule has 2 rings (SSSR count). The van der Waals surface area contributed by atoms with Gasteiger partial charge in [0, 0.05) is 30.0 Å². The van der Waals surface area contributed by atoms with E-state index in [2.05, 4.69) is 59.3 Å². The second-order valence-electron chi connectivity index (χ2n) is 6.57. The van der Waals surface area contributed by atoms with Crippen molar-refractivity contribution in [1.29, 1.82) is 0 Å². The van der Waals surface area contributed by atoms with Crippen LogP contribution in [0.3, 0.4) is 0 Å². The summed E-state index contributed by atoms with van der Waals surface area (Å²) >= 11 is 5.70. The summed E-state index contributed by atoms with van der Waals surface area (Å²) in [5.41, 5.74) is 2.82. The fraction of sp³-hybridized carbons (Fsp3) is 0.500. The minimum atomic E-state index is 0. The summed E-state index contributed by atoms with van der Waals surface area (Å²) in [6, 6.07) is 17.3. The highest BCUT2D eigenvalue weighted by atomic mass is 35.5. The zero-order valence-electron chi connectivity index (χ0n) is 15.2. The molecule has 0 bridgehead atoms. The number of pyridine rings is 1. The average Bonchev–Trinajstić information content (AvgIpc) is 2.62. The highest BCUT2D eigenvalue weighted by Gasteiger charge is 2.09. The lowest BCUT2D eigenvalue weighted by Crippen LogP contribution is -3.00. The van der Waals surface area contributed by atoms with Gasteiger partial charge in [0.05, 0.1) is 0 Å². The predicted molar refractivity (Wildman–Crippen MR) is 104 cm³/mol. The molecular weight excluding hydrogens is 349 g/mol. The molecule has 1 aromatic heterocycles. The first kappa shape index (κ1) is 22.0. The van der Waals surface area contributed by atoms with Gasteiger partial charge >= 0.3 is 0 Å². The van der Waals surface area contributed by atoms with E-state index in [0.717, 1.165) is 12.4 Å². The highest BCUT2D eigenvalue weighted by molar-refractivity contribution is 6.17. The van der Waals surface area contributed by atoms with Gasteiger partial charge in [0.2, 0.25) is 0 Å². The van der Waals surface area contributed by atoms with E-state index >= 15 is 0 Å². The molecule has 0 saturated heterocycles. The first-order chi connectivity index (χ1) is 11.9. The molecular formula is C22H31Cl2N. The average molecular weight is 380 g/mol. The molecule has 138 valence electrons. The van der Waals surface area contributed by atoms with Crippen molar-refractivity contribution in [2.45, 2.75) is 64.3 Å². The van der Waals surface area contributed by atoms with Crippen LogP contribution in [0.2, 0.25) is 0 Å². The Hall–Kier alpha value is -1.05. The second kappa shape index (κ2) is 14.2. The number of halogens is 2. The molecule has 2 aromatic rings. The van der Waals surface area contributed by atoms with Gasteiger partial charge in [-0.15, -0.1) is 11.6 Å². The lowest BCUT2D eigenvalue weighted by atomic mass is 10.1. The van der Waals surface area contributed by atoms with E-state index in [0.29, 0.717) is 0 Å². The van der Waals surface area contributed by atoms with Crippen LogP contribution < -0.4 is 17.0 Å². The molecule has 1 heterocycles. The van der Waals surface area contributed by atoms with Crippen molar-refractivity contribution >= 4 is 11.6 Å². The summed E-state index contributed by atoms with van der Waals surface area (Å²) < 4.78 is 2.39. The maximum Gasteiger partial charge on any atom is 0.181 e. The van der Waals surface area contributed by atoms with Crippen LogP contribution in [0.25, 0.3) is 0 Å². The summed E-state index contributed by atoms with van der Waals surface area (Å²) in [6.45, 7) is 0.970. The Morgan fingerprint density at radius 2 is 1.28 bits per heavy atom. The summed E-state index contributed by atoms with van der Waals surface area (Å²) in [5.74, 6) is 0.820. The van der Waals surface area contributed by atoms with Crippen LogP contribution in [0.4, 0.5) is 0 Å². The first-order valence-corrected chi connectivity index (χ1v) is 10.0. The predicted octanol–water partition coefficient (Wildman–Crippen LogP) is 2.93. The Balaban J connectivity index is 0.00000312. The van der Waals surface area contributed by atoms with Crippen molar-refractivity contribution in [3.8, 4) is 0 Å². The van der Waals surface area contributed by atoms with Crippen LogP contribution in [0.1, 0.15) is 62.6 Å². The topological polar surface area (TPSA) is 3.88 Å². The van der Waals surface area contributed by atoms with Crippen molar-refractivity contribution < 1.29 is 17.0 Å². The van der Waals surface area contributed by atoms with Gasteiger partial charge in [-0.25, -0.2) is 0 Å². The maximum absolute atomic E-state index is 5.70. The third-order valence-electron chi connectivity index (χ3n) is 4.55. The smallest absolute Gasteiger partial charge is 0.181 e. The fourth-order valence-corrected chi connectivity index (χ4v) is 3.32. The van der Waals surface area contributed by atoms with Gasteiger partial charge in [0.25, 0.3) is 0 Å². The summed E-state index contributed by atoms with van der Waals surface area (Å²) in [6.07, 6.45) is 14.0. The van der Waals surface area contributed by atoms with Gasteiger partial charge in [-0.05, 0) is 12.8 Å². The van der Waals surface area contributed by atoms with E-state index in [4.69, 9.17) is 11.6 Å². The lowest BCUT2D eigenvalue weighted by Gasteiger charge is -2.05. The summed E-state index contributed by atoms with van der Waals surface area (Å²) in [5, 5.41) is 0. The van der Waals surface area contributed by atoms with Crippen LogP contribution in [-0.4, -0.2) is 5.88 Å². The van der Waals surface area contributed by atoms with E-state index in [1.165, 1.54) is 69.0 Å². The number of alkyl halides is 1. The van der Waals surface area contributed by atoms with Crippen LogP contribution in [0.15, 0.2) is 54.7 Å². The largest absolute Gasteiger partial charge is 1.00 e. The Kier molecular flexibility index (Phi) is 12.5. The molecule has 1 aromatic carbocycles. The van der Waals surface area contributed by atoms with Gasteiger partial charge in [0.1, 0.15) is 0 Å². The molecule has 0 amide bonds. The minimum absolute atomic E-state index is 0. The number of aromatic nitrogens is 1. The van der Waals surface area contributed by atoms with E-state index in [1.807, 2.05) is 0 Å². The van der Waals surface area contributed by atoms with Gasteiger partial charge in [-0.3, -0.25) is 0 Å². The zero-order chi connectivity index (χ0) is 16.9. The van der Waals surface area contributed by atoms with Gasteiger partial charge in [-0.1, -0.05) is 74.9 Å². The Morgan fingerprint density at radius 3 is 1.96 bits per heavy atom. The molecule has 0 aliphatic carbocycles. The van der Waals surface area contributed by atoms with Crippen molar-refractivity contribution in [2.24, 2.45) is 0 Å². The van der Waals surface area contributed by atoms with E-state index < -0.39 is 0 Å². The quantitative estimate of drug-likeness (QED) is 0.303. The number of benzene rings is 1. The Bertz CT molecular complexity index is 557. The second-order valence-corrected chi connectivity index (χ2v) is 6.95. The standard InChI is InChI=1S/C22H31ClN.ClH/c23-18-12-6-4-2-1-3-5-10-16-22-17-11-13-19-24(22)20-21-14-8-7-9-15-21;/h7-9,11,13-15,17,19H,1-6,10,12,16,18,20H2;1H/q+1;/p-1. The fourth-order valence-electron chi connectivity index (χ4n) is 3.13. The van der Waals surface area contributed by atoms with Crippen LogP contribution in [-0.2, 0) is 13.0 Å². The number of unbranched alkanes of at least 4 members (excludes halogenated alkanes) is 7. The number of nitrogens with zero attached hydrogens (tertiary/aromatic N) is 1. The van der Waals surface area contributed by atoms with Gasteiger partial charge in [-0.2, -0.15) is 4.57 Å². The van der Waals surface area contributed by atoms with E-state index in [1.54, 1.807) is 0 Å². The molecule has 0 spiro atoms. The van der Waals surface area contributed by atoms with Crippen LogP contribution in [0.5, 0.6) is 0 Å². The Labute approximate surface area is 164 Å². The molecule has 3 heteroatoms. The molecule has 1 nitrogen and oxygen atoms in total. The number of rotatable bonds is 12. The molecule has 0 atom stereocenters. The maximum atomic E-state index is 5.70. The SMILES string of the molecule is ClCCCCCCCCCCc1cccc[n+]1Cc1ccccc1.[Cl-]. The van der Waals surface area contributed by atoms with E-state index in [9.17, 15) is 0 Å². The monoisotopic (exact) mass is 379 g/mol. The molecule has 0 aliphatic rings. The zero-order valence-corrected chi connectivity index (χ0v) is 16.7. The summed E-state index contributed by atoms with van der Waals surface area (Å²) in [7, 11) is 0. The third-order valence-corrected chi connectivity index (χ3v) is 4.81. The Morgan fingerprint density at radius 1 is 0.680 bits per heavy atom. The minimum Gasteiger partial charge on any atom is -1.00 e. The van der Waals surface area contributed by atoms with Crippen molar-refractivity contribution in [1.82, 2.24) is 0 Å². The molecule has 0 radical (unpaired) electrons. The van der Waals surface area contributed by atoms with Crippen LogP contribution in [0, 0.1) is 0 Å². The molecule has 25 heavy (non-hydrogen) atoms. The normalized spacial score (nSPS) is 10.4. The highest BCUT2D eigenvalue weighted by Crippen LogP contribution is 2.10. The third kappa shape index (κ3) is 9.28. The first-order valence-electron chi connectivity index (χ1n) is 9.47. The van der Waals surface area contributed by atoms with Crippen molar-refractivity contribution in [3.05, 3.63) is 66.0 Å². The van der Waals surface area contributed by atoms with Crippen molar-refractivity contribution in [3.63, 3.8) is 0 Å². The van der Waals surface area contributed by atoms with E-state index in [-0.39, 0.29) is 12.4 Å². The van der Waals surface area contributed by atoms with Crippen molar-refractivity contribution in [2.75, 3.05) is 5.88 Å². The molecule has 0 N–H and O–H groups in total. The van der Waals surface area contributed by atoms with Gasteiger partial charge < -0.3 is 12.4 Å². The number of hydrogen-bond acceptors (Lipinski definition) is 0. The number of aryl methyl sites for hydroxylation is 1.